The molecular formula is C21H29Cl3N2O. The Bertz CT molecular complexity index is 684. The maximum Gasteiger partial charge on any atom is 0.120 e. The largest absolute Gasteiger partial charge is 0.489 e. The summed E-state index contributed by atoms with van der Waals surface area (Å²) in [7, 11) is 0. The number of hydrogen-bond donors (Lipinski definition) is 1. The van der Waals surface area contributed by atoms with Gasteiger partial charge in [-0.3, -0.25) is 4.90 Å². The molecule has 1 aliphatic rings. The Hall–Kier alpha value is -0.970. The summed E-state index contributed by atoms with van der Waals surface area (Å²) in [6.07, 6.45) is 2.63. The molecule has 150 valence electrons. The Morgan fingerprint density at radius 2 is 1.96 bits per heavy atom. The maximum atomic E-state index is 6.18. The molecule has 2 aromatic rings. The average Bonchev–Trinajstić information content (AvgIpc) is 3.09. The van der Waals surface area contributed by atoms with Gasteiger partial charge in [-0.05, 0) is 49.7 Å². The normalized spacial score (nSPS) is 16.4. The standard InChI is InChI=1S/C21H27ClN2O.2ClH/c1-2-24-12-6-9-19(24)15-23-14-17-7-5-10-20(13-17)25-16-18-8-3-4-11-21(18)22;;/h3-5,7-8,10-11,13,19,23H,2,6,9,12,14-16H2,1H3;2*1H. The van der Waals surface area contributed by atoms with Gasteiger partial charge in [-0.1, -0.05) is 48.9 Å². The monoisotopic (exact) mass is 430 g/mol. The van der Waals surface area contributed by atoms with Gasteiger partial charge in [0.2, 0.25) is 0 Å². The van der Waals surface area contributed by atoms with E-state index in [1.165, 1.54) is 24.9 Å². The van der Waals surface area contributed by atoms with Gasteiger partial charge in [-0.25, -0.2) is 0 Å². The third-order valence-electron chi connectivity index (χ3n) is 4.86. The van der Waals surface area contributed by atoms with E-state index in [9.17, 15) is 0 Å². The van der Waals surface area contributed by atoms with Gasteiger partial charge >= 0.3 is 0 Å². The third-order valence-corrected chi connectivity index (χ3v) is 5.23. The highest BCUT2D eigenvalue weighted by Crippen LogP contribution is 2.20. The van der Waals surface area contributed by atoms with Crippen molar-refractivity contribution in [3.63, 3.8) is 0 Å². The van der Waals surface area contributed by atoms with Crippen LogP contribution in [-0.4, -0.2) is 30.6 Å². The van der Waals surface area contributed by atoms with Crippen LogP contribution in [0, 0.1) is 0 Å². The molecule has 0 spiro atoms. The second-order valence-electron chi connectivity index (χ2n) is 6.58. The lowest BCUT2D eigenvalue weighted by atomic mass is 10.2. The Labute approximate surface area is 180 Å². The third kappa shape index (κ3) is 7.17. The maximum absolute atomic E-state index is 6.18. The molecule has 3 rings (SSSR count). The van der Waals surface area contributed by atoms with Crippen LogP contribution >= 0.6 is 36.4 Å². The van der Waals surface area contributed by atoms with Crippen LogP contribution in [0.5, 0.6) is 5.75 Å². The van der Waals surface area contributed by atoms with Gasteiger partial charge in [-0.2, -0.15) is 0 Å². The van der Waals surface area contributed by atoms with Crippen LogP contribution in [0.4, 0.5) is 0 Å². The van der Waals surface area contributed by atoms with E-state index in [0.29, 0.717) is 12.6 Å². The Kier molecular flexibility index (Phi) is 11.1. The molecule has 0 saturated carbocycles. The van der Waals surface area contributed by atoms with Crippen LogP contribution in [-0.2, 0) is 13.2 Å². The van der Waals surface area contributed by atoms with E-state index < -0.39 is 0 Å². The number of nitrogens with zero attached hydrogens (tertiary/aromatic N) is 1. The second-order valence-corrected chi connectivity index (χ2v) is 6.99. The molecule has 27 heavy (non-hydrogen) atoms. The van der Waals surface area contributed by atoms with E-state index in [4.69, 9.17) is 16.3 Å². The lowest BCUT2D eigenvalue weighted by Gasteiger charge is -2.23. The van der Waals surface area contributed by atoms with Gasteiger partial charge in [0.05, 0.1) is 0 Å². The van der Waals surface area contributed by atoms with E-state index in [2.05, 4.69) is 29.3 Å². The van der Waals surface area contributed by atoms with Gasteiger partial charge in [0.25, 0.3) is 0 Å². The number of hydrogen-bond acceptors (Lipinski definition) is 3. The molecule has 1 unspecified atom stereocenters. The van der Waals surface area contributed by atoms with E-state index in [-0.39, 0.29) is 24.8 Å². The van der Waals surface area contributed by atoms with Crippen molar-refractivity contribution in [2.75, 3.05) is 19.6 Å². The topological polar surface area (TPSA) is 24.5 Å². The van der Waals surface area contributed by atoms with Crippen molar-refractivity contribution < 1.29 is 4.74 Å². The summed E-state index contributed by atoms with van der Waals surface area (Å²) in [4.78, 5) is 2.57. The number of benzene rings is 2. The van der Waals surface area contributed by atoms with E-state index in [1.807, 2.05) is 36.4 Å². The molecule has 2 aromatic carbocycles. The van der Waals surface area contributed by atoms with Crippen LogP contribution in [0.2, 0.25) is 5.02 Å². The molecular weight excluding hydrogens is 403 g/mol. The van der Waals surface area contributed by atoms with E-state index in [0.717, 1.165) is 36.0 Å². The van der Waals surface area contributed by atoms with Gasteiger partial charge in [0.1, 0.15) is 12.4 Å². The highest BCUT2D eigenvalue weighted by Gasteiger charge is 2.21. The van der Waals surface area contributed by atoms with Gasteiger partial charge < -0.3 is 10.1 Å². The summed E-state index contributed by atoms with van der Waals surface area (Å²) in [6, 6.07) is 16.8. The first-order valence-electron chi connectivity index (χ1n) is 9.16. The second kappa shape index (κ2) is 12.5. The molecule has 1 atom stereocenters. The predicted octanol–water partition coefficient (Wildman–Crippen LogP) is 5.34. The fraction of sp³-hybridized carbons (Fsp3) is 0.429. The first-order chi connectivity index (χ1) is 12.3. The number of nitrogens with one attached hydrogen (secondary N) is 1. The van der Waals surface area contributed by atoms with Gasteiger partial charge in [0, 0.05) is 29.7 Å². The minimum Gasteiger partial charge on any atom is -0.489 e. The minimum absolute atomic E-state index is 0. The molecule has 0 aliphatic carbocycles. The fourth-order valence-corrected chi connectivity index (χ4v) is 3.64. The van der Waals surface area contributed by atoms with Crippen LogP contribution in [0.1, 0.15) is 30.9 Å². The van der Waals surface area contributed by atoms with Crippen LogP contribution in [0.3, 0.4) is 0 Å². The zero-order valence-corrected chi connectivity index (χ0v) is 18.1. The van der Waals surface area contributed by atoms with Crippen molar-refractivity contribution in [1.29, 1.82) is 0 Å². The van der Waals surface area contributed by atoms with Crippen LogP contribution in [0.15, 0.2) is 48.5 Å². The average molecular weight is 432 g/mol. The fourth-order valence-electron chi connectivity index (χ4n) is 3.45. The zero-order chi connectivity index (χ0) is 17.5. The highest BCUT2D eigenvalue weighted by molar-refractivity contribution is 6.31. The molecule has 1 saturated heterocycles. The molecule has 3 nitrogen and oxygen atoms in total. The van der Waals surface area contributed by atoms with Crippen LogP contribution in [0.25, 0.3) is 0 Å². The first-order valence-corrected chi connectivity index (χ1v) is 9.54. The van der Waals surface area contributed by atoms with Crippen molar-refractivity contribution in [2.45, 2.75) is 39.0 Å². The Balaban J connectivity index is 0.00000182. The summed E-state index contributed by atoms with van der Waals surface area (Å²) in [6.45, 7) is 7.06. The zero-order valence-electron chi connectivity index (χ0n) is 15.7. The quantitative estimate of drug-likeness (QED) is 0.611. The number of likely N-dealkylation sites (N-methyl/N-ethyl adjacent to an activating group) is 1. The Morgan fingerprint density at radius 3 is 2.74 bits per heavy atom. The minimum atomic E-state index is 0. The predicted molar refractivity (Wildman–Crippen MR) is 119 cm³/mol. The molecule has 0 bridgehead atoms. The Morgan fingerprint density at radius 1 is 1.15 bits per heavy atom. The number of halogens is 3. The molecule has 1 aliphatic heterocycles. The van der Waals surface area contributed by atoms with Crippen molar-refractivity contribution in [1.82, 2.24) is 10.2 Å². The highest BCUT2D eigenvalue weighted by atomic mass is 35.5. The molecule has 6 heteroatoms. The molecule has 1 heterocycles. The lowest BCUT2D eigenvalue weighted by molar-refractivity contribution is 0.260. The molecule has 0 radical (unpaired) electrons. The van der Waals surface area contributed by atoms with E-state index >= 15 is 0 Å². The summed E-state index contributed by atoms with van der Waals surface area (Å²) in [5.41, 5.74) is 2.26. The molecule has 0 amide bonds. The molecule has 1 fully saturated rings. The van der Waals surface area contributed by atoms with Gasteiger partial charge in [-0.15, -0.1) is 24.8 Å². The summed E-state index contributed by atoms with van der Waals surface area (Å²) in [5, 5.41) is 4.35. The number of rotatable bonds is 8. The SMILES string of the molecule is CCN1CCCC1CNCc1cccc(OCc2ccccc2Cl)c1.Cl.Cl. The number of likely N-dealkylation sites (tertiary alicyclic amines) is 1. The van der Waals surface area contributed by atoms with Crippen molar-refractivity contribution in [3.8, 4) is 5.75 Å². The number of ether oxygens (including phenoxy) is 1. The van der Waals surface area contributed by atoms with Crippen LogP contribution < -0.4 is 10.1 Å². The summed E-state index contributed by atoms with van der Waals surface area (Å²) >= 11 is 6.18. The van der Waals surface area contributed by atoms with Crippen molar-refractivity contribution in [3.05, 3.63) is 64.7 Å². The van der Waals surface area contributed by atoms with Crippen molar-refractivity contribution in [2.24, 2.45) is 0 Å². The molecule has 1 N–H and O–H groups in total. The van der Waals surface area contributed by atoms with Gasteiger partial charge in [0.15, 0.2) is 0 Å². The molecule has 0 aromatic heterocycles. The van der Waals surface area contributed by atoms with E-state index in [1.54, 1.807) is 0 Å². The van der Waals surface area contributed by atoms with Crippen molar-refractivity contribution >= 4 is 36.4 Å². The smallest absolute Gasteiger partial charge is 0.120 e. The lowest BCUT2D eigenvalue weighted by Crippen LogP contribution is -2.37. The first kappa shape index (κ1) is 24.1. The summed E-state index contributed by atoms with van der Waals surface area (Å²) in [5.74, 6) is 0.885. The summed E-state index contributed by atoms with van der Waals surface area (Å²) < 4.78 is 5.91.